The molecule has 0 aliphatic heterocycles. The van der Waals surface area contributed by atoms with Gasteiger partial charge in [0.1, 0.15) is 0 Å². The number of nitrogens with zero attached hydrogens (tertiary/aromatic N) is 1. The van der Waals surface area contributed by atoms with Crippen LogP contribution in [0, 0.1) is 5.92 Å². The fourth-order valence-electron chi connectivity index (χ4n) is 4.08. The van der Waals surface area contributed by atoms with Crippen LogP contribution in [0.4, 0.5) is 13.2 Å². The van der Waals surface area contributed by atoms with Crippen molar-refractivity contribution in [3.63, 3.8) is 0 Å². The highest BCUT2D eigenvalue weighted by atomic mass is 19.4. The highest BCUT2D eigenvalue weighted by Gasteiger charge is 2.31. The van der Waals surface area contributed by atoms with Gasteiger partial charge in [-0.2, -0.15) is 13.2 Å². The van der Waals surface area contributed by atoms with Crippen molar-refractivity contribution in [2.24, 2.45) is 5.92 Å². The molecule has 26 heavy (non-hydrogen) atoms. The second-order valence-electron chi connectivity index (χ2n) is 7.53. The van der Waals surface area contributed by atoms with Gasteiger partial charge in [-0.25, -0.2) is 0 Å². The Morgan fingerprint density at radius 1 is 1.04 bits per heavy atom. The van der Waals surface area contributed by atoms with E-state index in [4.69, 9.17) is 0 Å². The lowest BCUT2D eigenvalue weighted by Crippen LogP contribution is -2.32. The first-order valence-corrected chi connectivity index (χ1v) is 9.37. The molecule has 1 aromatic carbocycles. The molecule has 4 rings (SSSR count). The Morgan fingerprint density at radius 2 is 1.81 bits per heavy atom. The van der Waals surface area contributed by atoms with E-state index in [1.54, 1.807) is 6.07 Å². The van der Waals surface area contributed by atoms with Crippen LogP contribution in [0.1, 0.15) is 48.9 Å². The van der Waals surface area contributed by atoms with Crippen LogP contribution in [0.25, 0.3) is 11.1 Å². The summed E-state index contributed by atoms with van der Waals surface area (Å²) < 4.78 is 41.1. The molecule has 0 N–H and O–H groups in total. The van der Waals surface area contributed by atoms with E-state index in [-0.39, 0.29) is 5.56 Å². The highest BCUT2D eigenvalue weighted by molar-refractivity contribution is 5.65. The maximum atomic E-state index is 13.2. The van der Waals surface area contributed by atoms with E-state index in [1.807, 2.05) is 10.6 Å². The molecule has 1 saturated carbocycles. The van der Waals surface area contributed by atoms with Gasteiger partial charge in [-0.1, -0.05) is 18.6 Å². The molecule has 0 amide bonds. The lowest BCUT2D eigenvalue weighted by Gasteiger charge is -2.30. The number of hydrogen-bond acceptors (Lipinski definition) is 1. The number of fused-ring (bicyclic) bond motifs is 1. The summed E-state index contributed by atoms with van der Waals surface area (Å²) in [5, 5.41) is 0. The van der Waals surface area contributed by atoms with E-state index >= 15 is 0 Å². The SMILES string of the molecule is O=c1c(-c2cccc(C(F)(F)F)c2)cc2c(n1CC1CCC1)CCCC2. The van der Waals surface area contributed by atoms with Gasteiger partial charge in [0.2, 0.25) is 0 Å². The van der Waals surface area contributed by atoms with Crippen molar-refractivity contribution in [3.8, 4) is 11.1 Å². The monoisotopic (exact) mass is 361 g/mol. The van der Waals surface area contributed by atoms with Crippen molar-refractivity contribution >= 4 is 0 Å². The number of aryl methyl sites for hydroxylation is 1. The second kappa shape index (κ2) is 6.60. The Bertz CT molecular complexity index is 878. The van der Waals surface area contributed by atoms with E-state index in [1.165, 1.54) is 12.5 Å². The largest absolute Gasteiger partial charge is 0.416 e. The van der Waals surface area contributed by atoms with Crippen LogP contribution in [-0.4, -0.2) is 4.57 Å². The minimum atomic E-state index is -4.41. The van der Waals surface area contributed by atoms with Crippen LogP contribution in [0.5, 0.6) is 0 Å². The number of hydrogen-bond donors (Lipinski definition) is 0. The van der Waals surface area contributed by atoms with E-state index in [2.05, 4.69) is 0 Å². The van der Waals surface area contributed by atoms with Gasteiger partial charge >= 0.3 is 6.18 Å². The zero-order valence-corrected chi connectivity index (χ0v) is 14.6. The van der Waals surface area contributed by atoms with Gasteiger partial charge < -0.3 is 4.57 Å². The second-order valence-corrected chi connectivity index (χ2v) is 7.53. The molecule has 1 aromatic heterocycles. The average molecular weight is 361 g/mol. The molecule has 0 atom stereocenters. The molecule has 2 aliphatic rings. The average Bonchev–Trinajstić information content (AvgIpc) is 2.58. The van der Waals surface area contributed by atoms with E-state index < -0.39 is 11.7 Å². The zero-order chi connectivity index (χ0) is 18.3. The van der Waals surface area contributed by atoms with Crippen LogP contribution in [0.15, 0.2) is 35.1 Å². The quantitative estimate of drug-likeness (QED) is 0.735. The van der Waals surface area contributed by atoms with Crippen LogP contribution in [0.2, 0.25) is 0 Å². The molecular formula is C21H22F3NO. The number of halogens is 3. The fourth-order valence-corrected chi connectivity index (χ4v) is 4.08. The first kappa shape index (κ1) is 17.4. The number of pyridine rings is 1. The van der Waals surface area contributed by atoms with Crippen LogP contribution < -0.4 is 5.56 Å². The van der Waals surface area contributed by atoms with Gasteiger partial charge in [0.25, 0.3) is 5.56 Å². The van der Waals surface area contributed by atoms with Gasteiger partial charge in [-0.05, 0) is 73.8 Å². The number of aromatic nitrogens is 1. The van der Waals surface area contributed by atoms with Crippen molar-refractivity contribution in [2.45, 2.75) is 57.7 Å². The molecule has 0 radical (unpaired) electrons. The Labute approximate surface area is 150 Å². The molecule has 5 heteroatoms. The van der Waals surface area contributed by atoms with E-state index in [0.717, 1.165) is 61.9 Å². The molecule has 2 nitrogen and oxygen atoms in total. The normalized spacial score (nSPS) is 17.7. The van der Waals surface area contributed by atoms with Gasteiger partial charge in [-0.3, -0.25) is 4.79 Å². The lowest BCUT2D eigenvalue weighted by molar-refractivity contribution is -0.137. The summed E-state index contributed by atoms with van der Waals surface area (Å²) >= 11 is 0. The predicted molar refractivity (Wildman–Crippen MR) is 95.1 cm³/mol. The number of benzene rings is 1. The third kappa shape index (κ3) is 3.19. The zero-order valence-electron chi connectivity index (χ0n) is 14.6. The molecule has 0 bridgehead atoms. The lowest BCUT2D eigenvalue weighted by atomic mass is 9.84. The van der Waals surface area contributed by atoms with Gasteiger partial charge in [-0.15, -0.1) is 0 Å². The van der Waals surface area contributed by atoms with Crippen molar-refractivity contribution in [1.29, 1.82) is 0 Å². The van der Waals surface area contributed by atoms with Crippen molar-refractivity contribution in [1.82, 2.24) is 4.57 Å². The van der Waals surface area contributed by atoms with Crippen LogP contribution in [0.3, 0.4) is 0 Å². The smallest absolute Gasteiger partial charge is 0.312 e. The van der Waals surface area contributed by atoms with Crippen molar-refractivity contribution in [3.05, 3.63) is 57.5 Å². The fraction of sp³-hybridized carbons (Fsp3) is 0.476. The van der Waals surface area contributed by atoms with Gasteiger partial charge in [0.15, 0.2) is 0 Å². The van der Waals surface area contributed by atoms with E-state index in [9.17, 15) is 18.0 Å². The van der Waals surface area contributed by atoms with Crippen molar-refractivity contribution < 1.29 is 13.2 Å². The summed E-state index contributed by atoms with van der Waals surface area (Å²) in [5.41, 5.74) is 2.14. The van der Waals surface area contributed by atoms with Crippen LogP contribution >= 0.6 is 0 Å². The number of rotatable bonds is 3. The van der Waals surface area contributed by atoms with E-state index in [0.29, 0.717) is 23.6 Å². The molecule has 2 aromatic rings. The standard InChI is InChI=1S/C21H22F3NO/c22-21(23,24)17-9-4-8-15(11-17)18-12-16-7-1-2-10-19(16)25(20(18)26)13-14-5-3-6-14/h4,8-9,11-12,14H,1-3,5-7,10,13H2. The van der Waals surface area contributed by atoms with Crippen LogP contribution in [-0.2, 0) is 25.6 Å². The Balaban J connectivity index is 1.84. The Hall–Kier alpha value is -2.04. The summed E-state index contributed by atoms with van der Waals surface area (Å²) in [6.07, 6.45) is 2.98. The maximum absolute atomic E-state index is 13.2. The molecule has 138 valence electrons. The summed E-state index contributed by atoms with van der Waals surface area (Å²) in [6, 6.07) is 6.97. The first-order valence-electron chi connectivity index (χ1n) is 9.37. The minimum Gasteiger partial charge on any atom is -0.312 e. The summed E-state index contributed by atoms with van der Waals surface area (Å²) in [5.74, 6) is 0.524. The maximum Gasteiger partial charge on any atom is 0.416 e. The first-order chi connectivity index (χ1) is 12.4. The molecule has 0 saturated heterocycles. The third-order valence-electron chi connectivity index (χ3n) is 5.77. The minimum absolute atomic E-state index is 0.142. The Morgan fingerprint density at radius 3 is 2.50 bits per heavy atom. The molecule has 0 spiro atoms. The summed E-state index contributed by atoms with van der Waals surface area (Å²) in [6.45, 7) is 0.702. The van der Waals surface area contributed by atoms with Gasteiger partial charge in [0.05, 0.1) is 5.56 Å². The molecule has 1 heterocycles. The molecule has 2 aliphatic carbocycles. The number of alkyl halides is 3. The molecule has 0 unspecified atom stereocenters. The van der Waals surface area contributed by atoms with Gasteiger partial charge in [0, 0.05) is 17.8 Å². The third-order valence-corrected chi connectivity index (χ3v) is 5.77. The Kier molecular flexibility index (Phi) is 4.41. The highest BCUT2D eigenvalue weighted by Crippen LogP contribution is 2.33. The predicted octanol–water partition coefficient (Wildman–Crippen LogP) is 5.21. The van der Waals surface area contributed by atoms with Crippen molar-refractivity contribution in [2.75, 3.05) is 0 Å². The molecule has 1 fully saturated rings. The molecular weight excluding hydrogens is 339 g/mol. The summed E-state index contributed by atoms with van der Waals surface area (Å²) in [4.78, 5) is 13.2. The summed E-state index contributed by atoms with van der Waals surface area (Å²) in [7, 11) is 0. The topological polar surface area (TPSA) is 22.0 Å².